The van der Waals surface area contributed by atoms with Gasteiger partial charge in [-0.15, -0.1) is 0 Å². The molecule has 11 heavy (non-hydrogen) atoms. The number of hydrazine groups is 2. The Morgan fingerprint density at radius 3 is 2.55 bits per heavy atom. The van der Waals surface area contributed by atoms with Gasteiger partial charge in [0.2, 0.25) is 0 Å². The highest BCUT2D eigenvalue weighted by molar-refractivity contribution is 5.72. The van der Waals surface area contributed by atoms with Crippen LogP contribution in [0.15, 0.2) is 0 Å². The number of rotatable bonds is 5. The van der Waals surface area contributed by atoms with E-state index in [-0.39, 0.29) is 0 Å². The molecule has 0 saturated heterocycles. The van der Waals surface area contributed by atoms with Crippen molar-refractivity contribution >= 4 is 5.97 Å². The van der Waals surface area contributed by atoms with Gasteiger partial charge in [0.1, 0.15) is 6.04 Å². The molecular weight excluding hydrogens is 146 g/mol. The minimum atomic E-state index is -0.861. The lowest BCUT2D eigenvalue weighted by Crippen LogP contribution is -2.54. The van der Waals surface area contributed by atoms with Gasteiger partial charge >= 0.3 is 5.97 Å². The summed E-state index contributed by atoms with van der Waals surface area (Å²) in [7, 11) is 1.67. The topological polar surface area (TPSA) is 64.6 Å². The third kappa shape index (κ3) is 3.31. The van der Waals surface area contributed by atoms with Gasteiger partial charge in [0.15, 0.2) is 0 Å². The van der Waals surface area contributed by atoms with Crippen molar-refractivity contribution in [2.75, 3.05) is 13.6 Å². The Labute approximate surface area is 66.3 Å². The molecule has 0 heterocycles. The van der Waals surface area contributed by atoms with Crippen molar-refractivity contribution < 1.29 is 9.90 Å². The summed E-state index contributed by atoms with van der Waals surface area (Å²) in [6.07, 6.45) is 0. The Hall–Kier alpha value is -0.650. The third-order valence-electron chi connectivity index (χ3n) is 1.31. The zero-order valence-electron chi connectivity index (χ0n) is 7.09. The Morgan fingerprint density at radius 2 is 2.27 bits per heavy atom. The number of aliphatic carboxylic acids is 1. The molecule has 0 unspecified atom stereocenters. The molecule has 0 rings (SSSR count). The predicted octanol–water partition coefficient (Wildman–Crippen LogP) is -0.580. The van der Waals surface area contributed by atoms with E-state index in [1.54, 1.807) is 14.0 Å². The van der Waals surface area contributed by atoms with Gasteiger partial charge in [-0.25, -0.2) is 10.9 Å². The second-order valence-electron chi connectivity index (χ2n) is 2.12. The largest absolute Gasteiger partial charge is 0.480 e. The Morgan fingerprint density at radius 1 is 1.73 bits per heavy atom. The van der Waals surface area contributed by atoms with Gasteiger partial charge < -0.3 is 5.11 Å². The number of hydrogen-bond acceptors (Lipinski definition) is 4. The van der Waals surface area contributed by atoms with Crippen molar-refractivity contribution in [1.82, 2.24) is 16.0 Å². The van der Waals surface area contributed by atoms with Crippen LogP contribution in [-0.4, -0.2) is 35.8 Å². The highest BCUT2D eigenvalue weighted by atomic mass is 16.4. The highest BCUT2D eigenvalue weighted by Gasteiger charge is 2.17. The molecule has 5 nitrogen and oxygen atoms in total. The van der Waals surface area contributed by atoms with Crippen molar-refractivity contribution in [3.8, 4) is 0 Å². The van der Waals surface area contributed by atoms with E-state index in [9.17, 15) is 4.79 Å². The fourth-order valence-electron chi connectivity index (χ4n) is 0.690. The third-order valence-corrected chi connectivity index (χ3v) is 1.31. The molecule has 0 saturated carbocycles. The van der Waals surface area contributed by atoms with Gasteiger partial charge in [0.25, 0.3) is 0 Å². The molecule has 0 aliphatic heterocycles. The lowest BCUT2D eigenvalue weighted by atomic mass is 10.4. The maximum absolute atomic E-state index is 10.5. The number of nitrogens with one attached hydrogen (secondary N) is 2. The molecule has 5 heteroatoms. The first-order valence-corrected chi connectivity index (χ1v) is 3.56. The standard InChI is InChI=1S/C6H15N3O2/c1-4-8-9(7-3)5(2)6(10)11/h5,7-8H,4H2,1-3H3,(H,10,11)/t5-/m0/s1. The fraction of sp³-hybridized carbons (Fsp3) is 0.833. The first-order valence-electron chi connectivity index (χ1n) is 3.56. The van der Waals surface area contributed by atoms with Gasteiger partial charge in [-0.1, -0.05) is 6.92 Å². The van der Waals surface area contributed by atoms with Gasteiger partial charge in [-0.2, -0.15) is 5.12 Å². The molecule has 0 aromatic heterocycles. The first kappa shape index (κ1) is 10.3. The number of carboxylic acid groups (broad SMARTS) is 1. The summed E-state index contributed by atoms with van der Waals surface area (Å²) in [5.41, 5.74) is 5.58. The van der Waals surface area contributed by atoms with Gasteiger partial charge in [-0.05, 0) is 6.92 Å². The summed E-state index contributed by atoms with van der Waals surface area (Å²) in [6.45, 7) is 4.19. The molecule has 0 radical (unpaired) electrons. The molecule has 0 spiro atoms. The van der Waals surface area contributed by atoms with Crippen molar-refractivity contribution in [1.29, 1.82) is 0 Å². The van der Waals surface area contributed by atoms with E-state index < -0.39 is 12.0 Å². The van der Waals surface area contributed by atoms with Gasteiger partial charge in [-0.3, -0.25) is 4.79 Å². The van der Waals surface area contributed by atoms with Crippen molar-refractivity contribution in [3.05, 3.63) is 0 Å². The normalized spacial score (nSPS) is 13.5. The summed E-state index contributed by atoms with van der Waals surface area (Å²) in [4.78, 5) is 10.5. The van der Waals surface area contributed by atoms with Crippen LogP contribution in [0.2, 0.25) is 0 Å². The molecule has 0 bridgehead atoms. The summed E-state index contributed by atoms with van der Waals surface area (Å²) < 4.78 is 0. The van der Waals surface area contributed by atoms with Crippen LogP contribution in [0.4, 0.5) is 0 Å². The van der Waals surface area contributed by atoms with E-state index in [1.807, 2.05) is 6.92 Å². The van der Waals surface area contributed by atoms with E-state index in [4.69, 9.17) is 5.11 Å². The van der Waals surface area contributed by atoms with E-state index in [0.29, 0.717) is 6.54 Å². The van der Waals surface area contributed by atoms with Crippen LogP contribution >= 0.6 is 0 Å². The molecule has 0 aromatic rings. The Kier molecular flexibility index (Phi) is 4.76. The molecule has 66 valence electrons. The van der Waals surface area contributed by atoms with Crippen molar-refractivity contribution in [2.45, 2.75) is 19.9 Å². The Balaban J connectivity index is 3.91. The van der Waals surface area contributed by atoms with Crippen molar-refractivity contribution in [3.63, 3.8) is 0 Å². The van der Waals surface area contributed by atoms with Gasteiger partial charge in [0.05, 0.1) is 0 Å². The first-order chi connectivity index (χ1) is 5.13. The predicted molar refractivity (Wildman–Crippen MR) is 41.7 cm³/mol. The average molecular weight is 161 g/mol. The van der Waals surface area contributed by atoms with Crippen LogP contribution in [0, 0.1) is 0 Å². The van der Waals surface area contributed by atoms with Crippen LogP contribution in [0.5, 0.6) is 0 Å². The molecule has 3 N–H and O–H groups in total. The number of carbonyl (C=O) groups is 1. The number of hydrogen-bond donors (Lipinski definition) is 3. The Bertz CT molecular complexity index is 129. The fourth-order valence-corrected chi connectivity index (χ4v) is 0.690. The minimum absolute atomic E-state index is 0.569. The molecule has 0 amide bonds. The van der Waals surface area contributed by atoms with Gasteiger partial charge in [0, 0.05) is 13.6 Å². The monoisotopic (exact) mass is 161 g/mol. The van der Waals surface area contributed by atoms with Crippen molar-refractivity contribution in [2.24, 2.45) is 0 Å². The SMILES string of the molecule is CCNN(NC)[C@@H](C)C(=O)O. The summed E-state index contributed by atoms with van der Waals surface area (Å²) >= 11 is 0. The lowest BCUT2D eigenvalue weighted by molar-refractivity contribution is -0.145. The van der Waals surface area contributed by atoms with E-state index in [1.165, 1.54) is 5.12 Å². The summed E-state index contributed by atoms with van der Waals surface area (Å²) in [5.74, 6) is -0.861. The van der Waals surface area contributed by atoms with E-state index >= 15 is 0 Å². The smallest absolute Gasteiger partial charge is 0.323 e. The second kappa shape index (κ2) is 5.06. The number of nitrogens with zero attached hydrogens (tertiary/aromatic N) is 1. The quantitative estimate of drug-likeness (QED) is 0.471. The van der Waals surface area contributed by atoms with E-state index in [0.717, 1.165) is 0 Å². The average Bonchev–Trinajstić information content (AvgIpc) is 1.98. The van der Waals surface area contributed by atoms with E-state index in [2.05, 4.69) is 10.9 Å². The van der Waals surface area contributed by atoms with Crippen LogP contribution in [-0.2, 0) is 4.79 Å². The van der Waals surface area contributed by atoms with Crippen LogP contribution in [0.1, 0.15) is 13.8 Å². The maximum Gasteiger partial charge on any atom is 0.323 e. The van der Waals surface area contributed by atoms with Crippen LogP contribution < -0.4 is 10.9 Å². The minimum Gasteiger partial charge on any atom is -0.480 e. The lowest BCUT2D eigenvalue weighted by Gasteiger charge is -2.24. The zero-order chi connectivity index (χ0) is 8.85. The second-order valence-corrected chi connectivity index (χ2v) is 2.12. The summed E-state index contributed by atoms with van der Waals surface area (Å²) in [6, 6.07) is -0.569. The number of carboxylic acids is 1. The molecule has 0 aromatic carbocycles. The zero-order valence-corrected chi connectivity index (χ0v) is 7.09. The van der Waals surface area contributed by atoms with Crippen LogP contribution in [0.3, 0.4) is 0 Å². The molecule has 0 aliphatic rings. The van der Waals surface area contributed by atoms with Crippen LogP contribution in [0.25, 0.3) is 0 Å². The molecule has 1 atom stereocenters. The molecule has 0 fully saturated rings. The molecule has 0 aliphatic carbocycles. The molecular formula is C6H15N3O2. The summed E-state index contributed by atoms with van der Waals surface area (Å²) in [5, 5.41) is 10.0. The maximum atomic E-state index is 10.5. The highest BCUT2D eigenvalue weighted by Crippen LogP contribution is 1.89.